The van der Waals surface area contributed by atoms with E-state index in [0.717, 1.165) is 16.9 Å². The summed E-state index contributed by atoms with van der Waals surface area (Å²) in [6.07, 6.45) is 3.24. The molecule has 4 heteroatoms. The van der Waals surface area contributed by atoms with Crippen LogP contribution in [0, 0.1) is 0 Å². The summed E-state index contributed by atoms with van der Waals surface area (Å²) in [6.45, 7) is 6.31. The highest BCUT2D eigenvalue weighted by molar-refractivity contribution is 6.07. The molecule has 0 aliphatic heterocycles. The third kappa shape index (κ3) is 4.41. The molecule has 0 aliphatic carbocycles. The van der Waals surface area contributed by atoms with Gasteiger partial charge < -0.3 is 14.6 Å². The summed E-state index contributed by atoms with van der Waals surface area (Å²) in [5.74, 6) is 1.38. The molecule has 0 aliphatic rings. The van der Waals surface area contributed by atoms with Crippen LogP contribution in [-0.2, 0) is 5.41 Å². The fourth-order valence-electron chi connectivity index (χ4n) is 2.53. The average Bonchev–Trinajstić information content (AvgIpc) is 2.58. The summed E-state index contributed by atoms with van der Waals surface area (Å²) < 4.78 is 10.9. The normalized spacial score (nSPS) is 11.6. The highest BCUT2D eigenvalue weighted by Gasteiger charge is 2.21. The number of hydrogen-bond acceptors (Lipinski definition) is 4. The number of benzene rings is 2. The molecule has 2 aromatic rings. The molecule has 0 fully saturated rings. The van der Waals surface area contributed by atoms with Gasteiger partial charge in [0.1, 0.15) is 17.2 Å². The van der Waals surface area contributed by atoms with Gasteiger partial charge in [-0.2, -0.15) is 0 Å². The molecule has 0 saturated carbocycles. The fourth-order valence-corrected chi connectivity index (χ4v) is 2.53. The van der Waals surface area contributed by atoms with Crippen LogP contribution in [0.25, 0.3) is 6.08 Å². The van der Waals surface area contributed by atoms with E-state index in [9.17, 15) is 9.90 Å². The Morgan fingerprint density at radius 2 is 1.60 bits per heavy atom. The summed E-state index contributed by atoms with van der Waals surface area (Å²) in [6, 6.07) is 9.99. The minimum Gasteiger partial charge on any atom is -0.508 e. The minimum atomic E-state index is -0.143. The van der Waals surface area contributed by atoms with E-state index in [2.05, 4.69) is 20.8 Å². The lowest BCUT2D eigenvalue weighted by Crippen LogP contribution is -2.13. The van der Waals surface area contributed by atoms with Crippen molar-refractivity contribution in [2.75, 3.05) is 14.2 Å². The Labute approximate surface area is 148 Å². The highest BCUT2D eigenvalue weighted by Crippen LogP contribution is 2.37. The monoisotopic (exact) mass is 340 g/mol. The second-order valence-corrected chi connectivity index (χ2v) is 6.79. The lowest BCUT2D eigenvalue weighted by atomic mass is 9.85. The molecule has 0 heterocycles. The third-order valence-corrected chi connectivity index (χ3v) is 3.93. The van der Waals surface area contributed by atoms with Crippen molar-refractivity contribution in [3.8, 4) is 17.2 Å². The molecule has 0 bridgehead atoms. The molecule has 0 spiro atoms. The van der Waals surface area contributed by atoms with Gasteiger partial charge in [-0.25, -0.2) is 0 Å². The van der Waals surface area contributed by atoms with Gasteiger partial charge in [0.15, 0.2) is 5.78 Å². The highest BCUT2D eigenvalue weighted by atomic mass is 16.5. The summed E-state index contributed by atoms with van der Waals surface area (Å²) in [7, 11) is 3.22. The first-order chi connectivity index (χ1) is 11.8. The second-order valence-electron chi connectivity index (χ2n) is 6.79. The van der Waals surface area contributed by atoms with Crippen molar-refractivity contribution < 1.29 is 19.4 Å². The molecule has 0 aromatic heterocycles. The van der Waals surface area contributed by atoms with Gasteiger partial charge in [-0.1, -0.05) is 20.8 Å². The van der Waals surface area contributed by atoms with Crippen LogP contribution >= 0.6 is 0 Å². The van der Waals surface area contributed by atoms with Gasteiger partial charge >= 0.3 is 0 Å². The van der Waals surface area contributed by atoms with E-state index in [0.29, 0.717) is 11.3 Å². The van der Waals surface area contributed by atoms with E-state index in [-0.39, 0.29) is 16.9 Å². The molecule has 1 N–H and O–H groups in total. The Morgan fingerprint density at radius 3 is 2.12 bits per heavy atom. The van der Waals surface area contributed by atoms with E-state index in [1.807, 2.05) is 12.1 Å². The number of aromatic hydroxyl groups is 1. The lowest BCUT2D eigenvalue weighted by Gasteiger charge is -2.23. The second kappa shape index (κ2) is 7.43. The topological polar surface area (TPSA) is 55.8 Å². The first-order valence-electron chi connectivity index (χ1n) is 8.04. The van der Waals surface area contributed by atoms with E-state index < -0.39 is 0 Å². The zero-order chi connectivity index (χ0) is 18.6. The summed E-state index contributed by atoms with van der Waals surface area (Å²) in [5.41, 5.74) is 2.24. The molecule has 0 atom stereocenters. The Hall–Kier alpha value is -2.75. The zero-order valence-corrected chi connectivity index (χ0v) is 15.3. The molecule has 4 nitrogen and oxygen atoms in total. The van der Waals surface area contributed by atoms with Crippen molar-refractivity contribution in [1.82, 2.24) is 0 Å². The Kier molecular flexibility index (Phi) is 5.52. The molecule has 0 amide bonds. The number of methoxy groups -OCH3 is 2. The number of phenolic OH excluding ortho intramolecular Hbond substituents is 1. The Morgan fingerprint density at radius 1 is 1.00 bits per heavy atom. The van der Waals surface area contributed by atoms with E-state index in [1.165, 1.54) is 18.2 Å². The van der Waals surface area contributed by atoms with Crippen LogP contribution in [-0.4, -0.2) is 25.1 Å². The third-order valence-electron chi connectivity index (χ3n) is 3.93. The van der Waals surface area contributed by atoms with E-state index >= 15 is 0 Å². The van der Waals surface area contributed by atoms with Gasteiger partial charge in [-0.15, -0.1) is 0 Å². The predicted octanol–water partition coefficient (Wildman–Crippen LogP) is 4.60. The number of ketones is 1. The van der Waals surface area contributed by atoms with Gasteiger partial charge in [-0.05, 0) is 47.9 Å². The van der Waals surface area contributed by atoms with Crippen LogP contribution in [0.3, 0.4) is 0 Å². The molecule has 2 aromatic carbocycles. The zero-order valence-electron chi connectivity index (χ0n) is 15.3. The number of phenols is 1. The molecule has 132 valence electrons. The van der Waals surface area contributed by atoms with Crippen LogP contribution in [0.2, 0.25) is 0 Å². The summed E-state index contributed by atoms with van der Waals surface area (Å²) in [4.78, 5) is 12.3. The van der Waals surface area contributed by atoms with Crippen LogP contribution in [0.5, 0.6) is 17.2 Å². The number of carbonyl (C=O) groups is 1. The molecule has 0 radical (unpaired) electrons. The molecule has 25 heavy (non-hydrogen) atoms. The van der Waals surface area contributed by atoms with Crippen molar-refractivity contribution in [2.45, 2.75) is 26.2 Å². The standard InChI is InChI=1S/C21H24O4/c1-21(2,3)17-12-15(19(24-4)13-20(17)25-5)8-11-18(23)14-6-9-16(22)10-7-14/h6-13,22H,1-5H3. The van der Waals surface area contributed by atoms with Crippen molar-refractivity contribution in [1.29, 1.82) is 0 Å². The molecule has 0 saturated heterocycles. The maximum atomic E-state index is 12.3. The minimum absolute atomic E-state index is 0.110. The van der Waals surface area contributed by atoms with Crippen molar-refractivity contribution in [3.63, 3.8) is 0 Å². The molecule has 2 rings (SSSR count). The molecule has 0 unspecified atom stereocenters. The largest absolute Gasteiger partial charge is 0.508 e. The maximum absolute atomic E-state index is 12.3. The van der Waals surface area contributed by atoms with Crippen LogP contribution in [0.1, 0.15) is 42.3 Å². The van der Waals surface area contributed by atoms with Crippen molar-refractivity contribution in [2.24, 2.45) is 0 Å². The smallest absolute Gasteiger partial charge is 0.185 e. The van der Waals surface area contributed by atoms with Gasteiger partial charge in [0.25, 0.3) is 0 Å². The quantitative estimate of drug-likeness (QED) is 0.638. The predicted molar refractivity (Wildman–Crippen MR) is 99.7 cm³/mol. The van der Waals surface area contributed by atoms with Crippen LogP contribution < -0.4 is 9.47 Å². The van der Waals surface area contributed by atoms with E-state index in [1.54, 1.807) is 32.4 Å². The van der Waals surface area contributed by atoms with Crippen molar-refractivity contribution >= 4 is 11.9 Å². The van der Waals surface area contributed by atoms with Crippen LogP contribution in [0.15, 0.2) is 42.5 Å². The Bertz CT molecular complexity index is 781. The number of hydrogen-bond donors (Lipinski definition) is 1. The summed E-state index contributed by atoms with van der Waals surface area (Å²) >= 11 is 0. The molecular weight excluding hydrogens is 316 g/mol. The Balaban J connectivity index is 2.40. The van der Waals surface area contributed by atoms with Crippen LogP contribution in [0.4, 0.5) is 0 Å². The van der Waals surface area contributed by atoms with Gasteiger partial charge in [0.2, 0.25) is 0 Å². The van der Waals surface area contributed by atoms with E-state index in [4.69, 9.17) is 9.47 Å². The SMILES string of the molecule is COc1cc(OC)c(C(C)(C)C)cc1C=CC(=O)c1ccc(O)cc1. The first kappa shape index (κ1) is 18.6. The van der Waals surface area contributed by atoms with Crippen molar-refractivity contribution in [3.05, 3.63) is 59.2 Å². The van der Waals surface area contributed by atoms with Gasteiger partial charge in [-0.3, -0.25) is 4.79 Å². The number of ether oxygens (including phenoxy) is 2. The van der Waals surface area contributed by atoms with Gasteiger partial charge in [0.05, 0.1) is 14.2 Å². The number of allylic oxidation sites excluding steroid dienone is 1. The summed E-state index contributed by atoms with van der Waals surface area (Å²) in [5, 5.41) is 9.31. The average molecular weight is 340 g/mol. The fraction of sp³-hybridized carbons (Fsp3) is 0.286. The van der Waals surface area contributed by atoms with Gasteiger partial charge in [0, 0.05) is 22.8 Å². The number of carbonyl (C=O) groups excluding carboxylic acids is 1. The first-order valence-corrected chi connectivity index (χ1v) is 8.04. The molecular formula is C21H24O4. The maximum Gasteiger partial charge on any atom is 0.185 e. The lowest BCUT2D eigenvalue weighted by molar-refractivity contribution is 0.104. The number of rotatable bonds is 5.